The first-order valence-corrected chi connectivity index (χ1v) is 3.46. The van der Waals surface area contributed by atoms with Gasteiger partial charge in [0, 0.05) is 0 Å². The summed E-state index contributed by atoms with van der Waals surface area (Å²) >= 11 is 0. The fourth-order valence-electron chi connectivity index (χ4n) is 0.563. The minimum atomic E-state index is 0.368. The van der Waals surface area contributed by atoms with E-state index in [0.29, 0.717) is 5.75 Å². The van der Waals surface area contributed by atoms with Crippen LogP contribution in [0.2, 0.25) is 0 Å². The number of nitrogens with one attached hydrogen (secondary N) is 2. The molecule has 3 N–H and O–H groups in total. The van der Waals surface area contributed by atoms with Crippen molar-refractivity contribution in [3.63, 3.8) is 0 Å². The Morgan fingerprint density at radius 3 is 1.71 bits per heavy atom. The lowest BCUT2D eigenvalue weighted by Gasteiger charge is -1.92. The molecular weight excluding hydrogens is 184 g/mol. The summed E-state index contributed by atoms with van der Waals surface area (Å²) in [6, 6.07) is 7.25. The van der Waals surface area contributed by atoms with E-state index in [9.17, 15) is 0 Å². The number of phenols is 1. The van der Waals surface area contributed by atoms with Crippen molar-refractivity contribution in [3.8, 4) is 5.75 Å². The van der Waals surface area contributed by atoms with E-state index in [4.69, 9.17) is 25.5 Å². The molecule has 0 radical (unpaired) electrons. The number of phenolic OH excluding ortho intramolecular Hbond substituents is 1. The second-order valence-electron chi connectivity index (χ2n) is 1.99. The molecule has 74 valence electrons. The average Bonchev–Trinajstić information content (AvgIpc) is 2.13. The highest BCUT2D eigenvalue weighted by atomic mass is 16.3. The lowest BCUT2D eigenvalue weighted by atomic mass is 10.2. The van der Waals surface area contributed by atoms with E-state index in [1.165, 1.54) is 0 Å². The Balaban J connectivity index is 0. The van der Waals surface area contributed by atoms with Crippen molar-refractivity contribution in [2.24, 2.45) is 0 Å². The number of carbonyl (C=O) groups excluding carboxylic acids is 2. The van der Waals surface area contributed by atoms with E-state index in [1.54, 1.807) is 6.07 Å². The van der Waals surface area contributed by atoms with E-state index in [-0.39, 0.29) is 0 Å². The number of benzene rings is 1. The van der Waals surface area contributed by atoms with Gasteiger partial charge in [-0.25, -0.2) is 20.4 Å². The number of aromatic hydroxyl groups is 1. The summed E-state index contributed by atoms with van der Waals surface area (Å²) in [6.07, 6.45) is 1.50. The third-order valence-electron chi connectivity index (χ3n) is 1.12. The number of rotatable bonds is 0. The third-order valence-corrected chi connectivity index (χ3v) is 1.12. The van der Waals surface area contributed by atoms with Crippen LogP contribution in [0.1, 0.15) is 5.56 Å². The maximum absolute atomic E-state index is 8.92. The van der Waals surface area contributed by atoms with Crippen molar-refractivity contribution >= 4 is 12.2 Å². The van der Waals surface area contributed by atoms with Crippen LogP contribution in [-0.4, -0.2) is 17.3 Å². The smallest absolute Gasteiger partial charge is 0.231 e. The van der Waals surface area contributed by atoms with Gasteiger partial charge in [-0.15, -0.1) is 0 Å². The molecule has 0 spiro atoms. The molecule has 0 aromatic heterocycles. The quantitative estimate of drug-likeness (QED) is 0.430. The maximum Gasteiger partial charge on any atom is 0.231 e. The molecule has 0 amide bonds. The molecule has 0 bridgehead atoms. The van der Waals surface area contributed by atoms with Gasteiger partial charge in [0.15, 0.2) is 0 Å². The Morgan fingerprint density at radius 2 is 1.50 bits per heavy atom. The predicted octanol–water partition coefficient (Wildman–Crippen LogP) is 1.50. The normalized spacial score (nSPS) is 6.36. The molecule has 0 aliphatic rings. The Morgan fingerprint density at radius 1 is 1.14 bits per heavy atom. The monoisotopic (exact) mass is 194 g/mol. The van der Waals surface area contributed by atoms with Crippen molar-refractivity contribution in [1.82, 2.24) is 0 Å². The van der Waals surface area contributed by atoms with Crippen LogP contribution in [0.3, 0.4) is 0 Å². The van der Waals surface area contributed by atoms with Gasteiger partial charge in [0.2, 0.25) is 12.2 Å². The van der Waals surface area contributed by atoms with Gasteiger partial charge in [-0.2, -0.15) is 0 Å². The van der Waals surface area contributed by atoms with Crippen LogP contribution in [0, 0.1) is 17.7 Å². The first-order chi connectivity index (χ1) is 6.63. The Bertz CT molecular complexity index is 292. The predicted molar refractivity (Wildman–Crippen MR) is 49.7 cm³/mol. The molecule has 1 aromatic carbocycles. The zero-order valence-electron chi connectivity index (χ0n) is 7.57. The summed E-state index contributed by atoms with van der Waals surface area (Å²) in [5, 5.41) is 19.7. The first kappa shape index (κ1) is 14.3. The number of hydrogen-bond donors (Lipinski definition) is 3. The van der Waals surface area contributed by atoms with Crippen molar-refractivity contribution in [2.45, 2.75) is 6.92 Å². The second-order valence-corrected chi connectivity index (χ2v) is 1.99. The first-order valence-electron chi connectivity index (χ1n) is 3.46. The Labute approximate surface area is 81.0 Å². The van der Waals surface area contributed by atoms with Gasteiger partial charge in [-0.3, -0.25) is 0 Å². The van der Waals surface area contributed by atoms with Crippen molar-refractivity contribution < 1.29 is 14.7 Å². The van der Waals surface area contributed by atoms with Crippen LogP contribution in [0.5, 0.6) is 5.75 Å². The number of para-hydroxylation sites is 1. The minimum absolute atomic E-state index is 0.368. The van der Waals surface area contributed by atoms with Gasteiger partial charge >= 0.3 is 0 Å². The van der Waals surface area contributed by atoms with Gasteiger partial charge < -0.3 is 5.11 Å². The molecule has 0 aliphatic carbocycles. The molecule has 0 heterocycles. The van der Waals surface area contributed by atoms with Gasteiger partial charge in [0.05, 0.1) is 0 Å². The molecule has 0 atom stereocenters. The van der Waals surface area contributed by atoms with Gasteiger partial charge in [-0.05, 0) is 18.6 Å². The zero-order valence-corrected chi connectivity index (χ0v) is 7.57. The van der Waals surface area contributed by atoms with E-state index in [1.807, 2.05) is 25.1 Å². The van der Waals surface area contributed by atoms with Crippen LogP contribution in [0.25, 0.3) is 0 Å². The van der Waals surface area contributed by atoms with E-state index < -0.39 is 0 Å². The lowest BCUT2D eigenvalue weighted by molar-refractivity contribution is 0.471. The standard InChI is InChI=1S/C7H8O.2CHNO/c1-6-4-2-3-5-7(6)8;2*2-1-3/h2-5,8H,1H3;2*2H. The SMILES string of the molecule is Cc1ccccc1O.N=C=O.N=C=O. The highest BCUT2D eigenvalue weighted by Gasteiger charge is 1.86. The summed E-state index contributed by atoms with van der Waals surface area (Å²) in [5.74, 6) is 0.368. The molecular formula is C9H10N2O3. The summed E-state index contributed by atoms with van der Waals surface area (Å²) in [5.41, 5.74) is 0.924. The molecule has 0 saturated heterocycles. The molecule has 14 heavy (non-hydrogen) atoms. The molecule has 1 rings (SSSR count). The van der Waals surface area contributed by atoms with Gasteiger partial charge in [0.1, 0.15) is 5.75 Å². The summed E-state index contributed by atoms with van der Waals surface area (Å²) in [4.78, 5) is 16.7. The maximum atomic E-state index is 8.92. The van der Waals surface area contributed by atoms with Crippen molar-refractivity contribution in [3.05, 3.63) is 29.8 Å². The molecule has 5 heteroatoms. The zero-order chi connectivity index (χ0) is 11.4. The Hall–Kier alpha value is -2.22. The third kappa shape index (κ3) is 9.78. The van der Waals surface area contributed by atoms with Gasteiger partial charge in [0.25, 0.3) is 0 Å². The molecule has 0 aliphatic heterocycles. The van der Waals surface area contributed by atoms with Crippen molar-refractivity contribution in [1.29, 1.82) is 10.8 Å². The molecule has 1 aromatic rings. The number of hydrogen-bond acceptors (Lipinski definition) is 5. The Kier molecular flexibility index (Phi) is 11.0. The minimum Gasteiger partial charge on any atom is -0.508 e. The second kappa shape index (κ2) is 10.8. The molecule has 0 fully saturated rings. The summed E-state index contributed by atoms with van der Waals surface area (Å²) < 4.78 is 0. The fraction of sp³-hybridized carbons (Fsp3) is 0.111. The van der Waals surface area contributed by atoms with Crippen LogP contribution in [0.15, 0.2) is 24.3 Å². The molecule has 0 unspecified atom stereocenters. The van der Waals surface area contributed by atoms with E-state index in [2.05, 4.69) is 0 Å². The highest BCUT2D eigenvalue weighted by Crippen LogP contribution is 2.12. The van der Waals surface area contributed by atoms with Crippen LogP contribution in [-0.2, 0) is 9.59 Å². The molecule has 0 saturated carbocycles. The topological polar surface area (TPSA) is 102 Å². The highest BCUT2D eigenvalue weighted by molar-refractivity contribution is 5.29. The van der Waals surface area contributed by atoms with Crippen LogP contribution < -0.4 is 0 Å². The van der Waals surface area contributed by atoms with Crippen LogP contribution in [0.4, 0.5) is 0 Å². The van der Waals surface area contributed by atoms with E-state index >= 15 is 0 Å². The number of aryl methyl sites for hydroxylation is 1. The van der Waals surface area contributed by atoms with Crippen LogP contribution >= 0.6 is 0 Å². The average molecular weight is 194 g/mol. The molecule has 5 nitrogen and oxygen atoms in total. The summed E-state index contributed by atoms with van der Waals surface area (Å²) in [6.45, 7) is 1.87. The lowest BCUT2D eigenvalue weighted by Crippen LogP contribution is -1.68. The largest absolute Gasteiger partial charge is 0.508 e. The van der Waals surface area contributed by atoms with Gasteiger partial charge in [-0.1, -0.05) is 18.2 Å². The summed E-state index contributed by atoms with van der Waals surface area (Å²) in [7, 11) is 0. The van der Waals surface area contributed by atoms with Crippen molar-refractivity contribution in [2.75, 3.05) is 0 Å². The number of isocyanates is 2. The fourth-order valence-corrected chi connectivity index (χ4v) is 0.563. The van der Waals surface area contributed by atoms with E-state index in [0.717, 1.165) is 17.7 Å².